The monoisotopic (exact) mass is 113 g/mol. The van der Waals surface area contributed by atoms with Gasteiger partial charge in [0.1, 0.15) is 0 Å². The van der Waals surface area contributed by atoms with Crippen molar-refractivity contribution in [3.63, 3.8) is 0 Å². The van der Waals surface area contributed by atoms with Crippen LogP contribution < -0.4 is 6.15 Å². The maximum absolute atomic E-state index is 9.25. The molecule has 7 heavy (non-hydrogen) atoms. The molecule has 0 rings (SSSR count). The average molecular weight is 113 g/mol. The zero-order valence-electron chi connectivity index (χ0n) is 3.35. The molecule has 3 nitrogen and oxygen atoms in total. The molecule has 0 fully saturated rings. The molecule has 0 aliphatic carbocycles. The summed E-state index contributed by atoms with van der Waals surface area (Å²) in [6.07, 6.45) is 0.833. The summed E-state index contributed by atoms with van der Waals surface area (Å²) in [6.45, 7) is 2.96. The second kappa shape index (κ2) is 9.48. The van der Waals surface area contributed by atoms with E-state index in [4.69, 9.17) is 5.11 Å². The Balaban J connectivity index is -0.0000000800. The van der Waals surface area contributed by atoms with Gasteiger partial charge in [-0.15, -0.1) is 0 Å². The second-order valence-electron chi connectivity index (χ2n) is 0.542. The molecule has 0 heterocycles. The van der Waals surface area contributed by atoms with E-state index in [0.29, 0.717) is 0 Å². The summed E-state index contributed by atoms with van der Waals surface area (Å²) in [5.41, 5.74) is 0. The Hall–Kier alpha value is 0.170. The van der Waals surface area contributed by atoms with Crippen molar-refractivity contribution in [1.82, 2.24) is 6.15 Å². The standard InChI is InChI=1S/C3H4O2.H3N.Na.H/c1-2-3(4)5;;;/h2H,1H2,(H,4,5);1H3;;. The number of hydrogen-bond donors (Lipinski definition) is 2. The summed E-state index contributed by atoms with van der Waals surface area (Å²) in [4.78, 5) is 9.25. The first-order valence-corrected chi connectivity index (χ1v) is 1.12. The normalized spacial score (nSPS) is 4.57. The van der Waals surface area contributed by atoms with E-state index in [1.165, 1.54) is 0 Å². The van der Waals surface area contributed by atoms with Crippen molar-refractivity contribution >= 4 is 35.5 Å². The third-order valence-corrected chi connectivity index (χ3v) is 0.175. The third kappa shape index (κ3) is 22.8. The molecule has 0 amide bonds. The van der Waals surface area contributed by atoms with Gasteiger partial charge in [0.15, 0.2) is 0 Å². The Morgan fingerprint density at radius 1 is 1.71 bits per heavy atom. The van der Waals surface area contributed by atoms with Crippen molar-refractivity contribution in [3.05, 3.63) is 12.7 Å². The first-order valence-electron chi connectivity index (χ1n) is 1.12. The van der Waals surface area contributed by atoms with Crippen molar-refractivity contribution in [2.75, 3.05) is 0 Å². The van der Waals surface area contributed by atoms with E-state index >= 15 is 0 Å². The minimum absolute atomic E-state index is 0. The van der Waals surface area contributed by atoms with E-state index in [0.717, 1.165) is 6.08 Å². The molecule has 0 aromatic carbocycles. The molecule has 4 N–H and O–H groups in total. The van der Waals surface area contributed by atoms with Crippen LogP contribution in [-0.4, -0.2) is 40.6 Å². The fraction of sp³-hybridized carbons (Fsp3) is 0. The van der Waals surface area contributed by atoms with Crippen molar-refractivity contribution in [1.29, 1.82) is 0 Å². The Bertz CT molecular complexity index is 64.0. The van der Waals surface area contributed by atoms with Gasteiger partial charge in [-0.1, -0.05) is 6.58 Å². The van der Waals surface area contributed by atoms with Gasteiger partial charge < -0.3 is 11.3 Å². The zero-order chi connectivity index (χ0) is 4.28. The Kier molecular flexibility index (Phi) is 21.3. The fourth-order valence-electron chi connectivity index (χ4n) is 0. The summed E-state index contributed by atoms with van der Waals surface area (Å²) in [5, 5.41) is 7.60. The van der Waals surface area contributed by atoms with Crippen LogP contribution in [0.1, 0.15) is 0 Å². The molecule has 0 atom stereocenters. The predicted molar refractivity (Wildman–Crippen MR) is 30.0 cm³/mol. The first-order chi connectivity index (χ1) is 2.27. The topological polar surface area (TPSA) is 72.3 Å². The van der Waals surface area contributed by atoms with Gasteiger partial charge in [0.2, 0.25) is 0 Å². The zero-order valence-corrected chi connectivity index (χ0v) is 3.35. The fourth-order valence-corrected chi connectivity index (χ4v) is 0. The SMILES string of the molecule is C=CC(=O)O.N.[NaH]. The predicted octanol–water partition coefficient (Wildman–Crippen LogP) is -0.230. The summed E-state index contributed by atoms with van der Waals surface area (Å²) >= 11 is 0. The van der Waals surface area contributed by atoms with Crippen molar-refractivity contribution in [2.45, 2.75) is 0 Å². The van der Waals surface area contributed by atoms with E-state index in [2.05, 4.69) is 6.58 Å². The quantitative estimate of drug-likeness (QED) is 0.364. The van der Waals surface area contributed by atoms with Crippen molar-refractivity contribution in [2.24, 2.45) is 0 Å². The molecule has 0 saturated heterocycles. The number of rotatable bonds is 1. The van der Waals surface area contributed by atoms with Crippen LogP contribution in [0.5, 0.6) is 0 Å². The molecule has 0 unspecified atom stereocenters. The summed E-state index contributed by atoms with van der Waals surface area (Å²) in [7, 11) is 0. The van der Waals surface area contributed by atoms with Crippen molar-refractivity contribution < 1.29 is 9.90 Å². The average Bonchev–Trinajstić information content (AvgIpc) is 1.38. The van der Waals surface area contributed by atoms with Gasteiger partial charge in [0, 0.05) is 6.08 Å². The molecule has 0 aliphatic rings. The van der Waals surface area contributed by atoms with E-state index in [-0.39, 0.29) is 35.7 Å². The van der Waals surface area contributed by atoms with Gasteiger partial charge in [-0.2, -0.15) is 0 Å². The van der Waals surface area contributed by atoms with Gasteiger partial charge >= 0.3 is 35.5 Å². The van der Waals surface area contributed by atoms with Crippen LogP contribution in [0, 0.1) is 0 Å². The van der Waals surface area contributed by atoms with Crippen LogP contribution in [0.4, 0.5) is 0 Å². The third-order valence-electron chi connectivity index (χ3n) is 0.175. The number of hydrogen-bond acceptors (Lipinski definition) is 2. The van der Waals surface area contributed by atoms with E-state index in [9.17, 15) is 4.79 Å². The van der Waals surface area contributed by atoms with Crippen LogP contribution in [0.3, 0.4) is 0 Å². The summed E-state index contributed by atoms with van der Waals surface area (Å²) in [5.74, 6) is -0.981. The Morgan fingerprint density at radius 2 is 1.86 bits per heavy atom. The number of carboxylic acid groups (broad SMARTS) is 1. The molecule has 0 saturated carbocycles. The van der Waals surface area contributed by atoms with E-state index in [1.54, 1.807) is 0 Å². The van der Waals surface area contributed by atoms with Gasteiger partial charge in [-0.3, -0.25) is 0 Å². The van der Waals surface area contributed by atoms with Crippen LogP contribution >= 0.6 is 0 Å². The van der Waals surface area contributed by atoms with Crippen LogP contribution in [-0.2, 0) is 4.79 Å². The molecule has 0 aliphatic heterocycles. The van der Waals surface area contributed by atoms with Gasteiger partial charge in [-0.05, 0) is 0 Å². The number of carbonyl (C=O) groups is 1. The molecular weight excluding hydrogens is 105 g/mol. The molecule has 0 bridgehead atoms. The number of carboxylic acids is 1. The van der Waals surface area contributed by atoms with Crippen LogP contribution in [0.15, 0.2) is 12.7 Å². The van der Waals surface area contributed by atoms with E-state index in [1.807, 2.05) is 0 Å². The summed E-state index contributed by atoms with van der Waals surface area (Å²) in [6, 6.07) is 0. The molecule has 0 spiro atoms. The van der Waals surface area contributed by atoms with Crippen LogP contribution in [0.25, 0.3) is 0 Å². The van der Waals surface area contributed by atoms with Crippen LogP contribution in [0.2, 0.25) is 0 Å². The Labute approximate surface area is 64.3 Å². The maximum atomic E-state index is 9.25. The van der Waals surface area contributed by atoms with Gasteiger partial charge in [-0.25, -0.2) is 4.79 Å². The molecule has 38 valence electrons. The minimum atomic E-state index is -0.981. The van der Waals surface area contributed by atoms with Gasteiger partial charge in [0.05, 0.1) is 0 Å². The van der Waals surface area contributed by atoms with Crippen molar-refractivity contribution in [3.8, 4) is 0 Å². The Morgan fingerprint density at radius 3 is 1.86 bits per heavy atom. The molecule has 0 aromatic heterocycles. The number of aliphatic carboxylic acids is 1. The summed E-state index contributed by atoms with van der Waals surface area (Å²) < 4.78 is 0. The molecule has 0 aromatic rings. The second-order valence-corrected chi connectivity index (χ2v) is 0.542. The molecular formula is C3H8NNaO2. The van der Waals surface area contributed by atoms with Gasteiger partial charge in [0.25, 0.3) is 0 Å². The van der Waals surface area contributed by atoms with E-state index < -0.39 is 5.97 Å². The molecule has 0 radical (unpaired) electrons. The first kappa shape index (κ1) is 15.7. The molecule has 4 heteroatoms.